The van der Waals surface area contributed by atoms with E-state index in [0.29, 0.717) is 0 Å². The first-order valence-electron chi connectivity index (χ1n) is 4.38. The lowest BCUT2D eigenvalue weighted by Gasteiger charge is -2.05. The zero-order chi connectivity index (χ0) is 10.3. The number of H-pyrrole nitrogens is 1. The number of pyridine rings is 1. The number of halogens is 1. The van der Waals surface area contributed by atoms with Gasteiger partial charge in [-0.05, 0) is 43.0 Å². The van der Waals surface area contributed by atoms with Crippen LogP contribution in [0.2, 0.25) is 0 Å². The van der Waals surface area contributed by atoms with Crippen molar-refractivity contribution in [2.75, 3.05) is 0 Å². The molecule has 0 unspecified atom stereocenters. The third kappa shape index (κ3) is 1.38. The van der Waals surface area contributed by atoms with E-state index in [9.17, 15) is 4.79 Å². The van der Waals surface area contributed by atoms with Crippen LogP contribution in [0.5, 0.6) is 0 Å². The highest BCUT2D eigenvalue weighted by atomic mass is 79.9. The van der Waals surface area contributed by atoms with E-state index in [4.69, 9.17) is 0 Å². The Morgan fingerprint density at radius 2 is 1.93 bits per heavy atom. The van der Waals surface area contributed by atoms with Crippen molar-refractivity contribution in [3.8, 4) is 0 Å². The van der Waals surface area contributed by atoms with Crippen molar-refractivity contribution < 1.29 is 0 Å². The van der Waals surface area contributed by atoms with Gasteiger partial charge >= 0.3 is 0 Å². The number of nitrogens with one attached hydrogen (secondary N) is 1. The van der Waals surface area contributed by atoms with E-state index in [1.54, 1.807) is 0 Å². The lowest BCUT2D eigenvalue weighted by molar-refractivity contribution is 1.13. The molecule has 0 atom stereocenters. The third-order valence-electron chi connectivity index (χ3n) is 2.49. The van der Waals surface area contributed by atoms with Gasteiger partial charge in [-0.3, -0.25) is 4.79 Å². The first-order chi connectivity index (χ1) is 6.59. The lowest BCUT2D eigenvalue weighted by Crippen LogP contribution is -2.09. The molecule has 0 radical (unpaired) electrons. The molecule has 2 rings (SSSR count). The van der Waals surface area contributed by atoms with Crippen LogP contribution in [0.15, 0.2) is 27.5 Å². The summed E-state index contributed by atoms with van der Waals surface area (Å²) in [6, 6.07) is 5.70. The van der Waals surface area contributed by atoms with Crippen LogP contribution in [0.1, 0.15) is 11.3 Å². The minimum atomic E-state index is -0.0180. The Bertz CT molecular complexity index is 557. The van der Waals surface area contributed by atoms with E-state index in [-0.39, 0.29) is 5.56 Å². The van der Waals surface area contributed by atoms with Crippen LogP contribution in [-0.2, 0) is 0 Å². The lowest BCUT2D eigenvalue weighted by atomic mass is 10.1. The Kier molecular flexibility index (Phi) is 2.19. The van der Waals surface area contributed by atoms with Crippen molar-refractivity contribution >= 4 is 26.7 Å². The van der Waals surface area contributed by atoms with Gasteiger partial charge in [-0.15, -0.1) is 0 Å². The van der Waals surface area contributed by atoms with Crippen molar-refractivity contribution in [2.45, 2.75) is 13.8 Å². The number of aryl methyl sites for hydroxylation is 2. The summed E-state index contributed by atoms with van der Waals surface area (Å²) in [5.74, 6) is 0. The number of hydrogen-bond donors (Lipinski definition) is 1. The van der Waals surface area contributed by atoms with E-state index >= 15 is 0 Å². The normalized spacial score (nSPS) is 10.8. The van der Waals surface area contributed by atoms with E-state index in [1.807, 2.05) is 32.0 Å². The summed E-state index contributed by atoms with van der Waals surface area (Å²) < 4.78 is 0.998. The molecular weight excluding hydrogens is 242 g/mol. The minimum Gasteiger partial charge on any atom is -0.326 e. The van der Waals surface area contributed by atoms with Crippen molar-refractivity contribution in [3.05, 3.63) is 44.3 Å². The Labute approximate surface area is 90.1 Å². The van der Waals surface area contributed by atoms with Crippen molar-refractivity contribution in [3.63, 3.8) is 0 Å². The maximum absolute atomic E-state index is 11.6. The summed E-state index contributed by atoms with van der Waals surface area (Å²) in [6.07, 6.45) is 0. The molecule has 1 heterocycles. The first kappa shape index (κ1) is 9.46. The standard InChI is InChI=1S/C11H10BrNO/c1-6-7(2)13-11(14)9-4-3-8(12)5-10(6)9/h3-5H,1-2H3,(H,13,14). The summed E-state index contributed by atoms with van der Waals surface area (Å²) in [6.45, 7) is 3.93. The smallest absolute Gasteiger partial charge is 0.256 e. The number of rotatable bonds is 0. The molecule has 0 amide bonds. The number of aromatic nitrogens is 1. The van der Waals surface area contributed by atoms with Crippen molar-refractivity contribution in [1.82, 2.24) is 4.98 Å². The average Bonchev–Trinajstić information content (AvgIpc) is 2.14. The summed E-state index contributed by atoms with van der Waals surface area (Å²) >= 11 is 3.40. The van der Waals surface area contributed by atoms with Gasteiger partial charge in [-0.25, -0.2) is 0 Å². The minimum absolute atomic E-state index is 0.0180. The van der Waals surface area contributed by atoms with E-state index in [1.165, 1.54) is 0 Å². The van der Waals surface area contributed by atoms with Gasteiger partial charge < -0.3 is 4.98 Å². The van der Waals surface area contributed by atoms with Crippen LogP contribution < -0.4 is 5.56 Å². The van der Waals surface area contributed by atoms with Gasteiger partial charge in [0, 0.05) is 15.6 Å². The van der Waals surface area contributed by atoms with Gasteiger partial charge in [0.05, 0.1) is 0 Å². The highest BCUT2D eigenvalue weighted by molar-refractivity contribution is 9.10. The molecule has 2 aromatic rings. The van der Waals surface area contributed by atoms with Crippen LogP contribution in [0, 0.1) is 13.8 Å². The SMILES string of the molecule is Cc1[nH]c(=O)c2ccc(Br)cc2c1C. The number of hydrogen-bond acceptors (Lipinski definition) is 1. The van der Waals surface area contributed by atoms with Crippen molar-refractivity contribution in [2.24, 2.45) is 0 Å². The topological polar surface area (TPSA) is 32.9 Å². The summed E-state index contributed by atoms with van der Waals surface area (Å²) in [5, 5.41) is 1.76. The average molecular weight is 252 g/mol. The highest BCUT2D eigenvalue weighted by Crippen LogP contribution is 2.21. The summed E-state index contributed by atoms with van der Waals surface area (Å²) in [4.78, 5) is 14.4. The molecule has 0 saturated carbocycles. The van der Waals surface area contributed by atoms with E-state index < -0.39 is 0 Å². The Balaban J connectivity index is 3.03. The van der Waals surface area contributed by atoms with Gasteiger partial charge in [0.2, 0.25) is 0 Å². The molecule has 1 aromatic heterocycles. The quantitative estimate of drug-likeness (QED) is 0.768. The second kappa shape index (κ2) is 3.24. The van der Waals surface area contributed by atoms with E-state index in [2.05, 4.69) is 20.9 Å². The molecule has 0 fully saturated rings. The Morgan fingerprint density at radius 1 is 1.21 bits per heavy atom. The molecule has 1 aromatic carbocycles. The second-order valence-corrected chi connectivity index (χ2v) is 4.31. The second-order valence-electron chi connectivity index (χ2n) is 3.39. The highest BCUT2D eigenvalue weighted by Gasteiger charge is 2.04. The number of benzene rings is 1. The zero-order valence-corrected chi connectivity index (χ0v) is 9.60. The van der Waals surface area contributed by atoms with Gasteiger partial charge in [-0.2, -0.15) is 0 Å². The zero-order valence-electron chi connectivity index (χ0n) is 8.02. The van der Waals surface area contributed by atoms with Crippen LogP contribution in [0.4, 0.5) is 0 Å². The number of fused-ring (bicyclic) bond motifs is 1. The maximum Gasteiger partial charge on any atom is 0.256 e. The molecule has 0 saturated heterocycles. The molecule has 0 aliphatic carbocycles. The molecular formula is C11H10BrNO. The first-order valence-corrected chi connectivity index (χ1v) is 5.17. The molecule has 0 aliphatic heterocycles. The Morgan fingerprint density at radius 3 is 2.64 bits per heavy atom. The molecule has 0 spiro atoms. The third-order valence-corrected chi connectivity index (χ3v) is 2.99. The molecule has 72 valence electrons. The van der Waals surface area contributed by atoms with Gasteiger partial charge in [-0.1, -0.05) is 15.9 Å². The fourth-order valence-corrected chi connectivity index (χ4v) is 1.92. The van der Waals surface area contributed by atoms with Gasteiger partial charge in [0.15, 0.2) is 0 Å². The molecule has 0 bridgehead atoms. The van der Waals surface area contributed by atoms with Gasteiger partial charge in [0.25, 0.3) is 5.56 Å². The van der Waals surface area contributed by atoms with Crippen molar-refractivity contribution in [1.29, 1.82) is 0 Å². The molecule has 2 nitrogen and oxygen atoms in total. The molecule has 3 heteroatoms. The monoisotopic (exact) mass is 251 g/mol. The summed E-state index contributed by atoms with van der Waals surface area (Å²) in [5.41, 5.74) is 2.04. The predicted molar refractivity (Wildman–Crippen MR) is 61.7 cm³/mol. The predicted octanol–water partition coefficient (Wildman–Crippen LogP) is 2.91. The fourth-order valence-electron chi connectivity index (χ4n) is 1.56. The van der Waals surface area contributed by atoms with Crippen LogP contribution in [0.25, 0.3) is 10.8 Å². The Hall–Kier alpha value is -1.09. The number of aromatic amines is 1. The van der Waals surface area contributed by atoms with Crippen LogP contribution in [-0.4, -0.2) is 4.98 Å². The molecule has 0 aliphatic rings. The molecule has 14 heavy (non-hydrogen) atoms. The fraction of sp³-hybridized carbons (Fsp3) is 0.182. The molecule has 1 N–H and O–H groups in total. The van der Waals surface area contributed by atoms with Crippen LogP contribution in [0.3, 0.4) is 0 Å². The van der Waals surface area contributed by atoms with E-state index in [0.717, 1.165) is 26.5 Å². The van der Waals surface area contributed by atoms with Crippen LogP contribution >= 0.6 is 15.9 Å². The summed E-state index contributed by atoms with van der Waals surface area (Å²) in [7, 11) is 0. The van der Waals surface area contributed by atoms with Gasteiger partial charge in [0.1, 0.15) is 0 Å². The largest absolute Gasteiger partial charge is 0.326 e. The maximum atomic E-state index is 11.6.